The van der Waals surface area contributed by atoms with Crippen molar-refractivity contribution < 1.29 is 0 Å². The highest BCUT2D eigenvalue weighted by Gasteiger charge is 2.11. The van der Waals surface area contributed by atoms with E-state index in [2.05, 4.69) is 99.0 Å². The van der Waals surface area contributed by atoms with Crippen molar-refractivity contribution in [1.29, 1.82) is 0 Å². The number of nitrogens with zero attached hydrogens (tertiary/aromatic N) is 2. The molecule has 0 saturated heterocycles. The fraction of sp³-hybridized carbons (Fsp3) is 0.115. The molecular weight excluding hydrogens is 340 g/mol. The third-order valence-electron chi connectivity index (χ3n) is 4.84. The van der Waals surface area contributed by atoms with Gasteiger partial charge < -0.3 is 0 Å². The maximum atomic E-state index is 4.30. The molecule has 28 heavy (non-hydrogen) atoms. The minimum Gasteiger partial charge on any atom is -0.266 e. The predicted octanol–water partition coefficient (Wildman–Crippen LogP) is 6.65. The molecule has 0 aliphatic rings. The zero-order valence-electron chi connectivity index (χ0n) is 16.6. The summed E-state index contributed by atoms with van der Waals surface area (Å²) in [5, 5.41) is 6.11. The van der Waals surface area contributed by atoms with Crippen LogP contribution >= 0.6 is 0 Å². The summed E-state index contributed by atoms with van der Waals surface area (Å²) in [4.78, 5) is 0. The third-order valence-corrected chi connectivity index (χ3v) is 4.84. The summed E-state index contributed by atoms with van der Waals surface area (Å²) < 4.78 is 0. The molecule has 0 aliphatic carbocycles. The highest BCUT2D eigenvalue weighted by molar-refractivity contribution is 5.83. The molecule has 0 saturated carbocycles. The predicted molar refractivity (Wildman–Crippen MR) is 122 cm³/mol. The van der Waals surface area contributed by atoms with Gasteiger partial charge in [0.25, 0.3) is 0 Å². The summed E-state index contributed by atoms with van der Waals surface area (Å²) in [5.74, 6) is 0. The number of benzene rings is 3. The number of rotatable bonds is 7. The van der Waals surface area contributed by atoms with E-state index in [4.69, 9.17) is 0 Å². The van der Waals surface area contributed by atoms with Crippen LogP contribution in [0, 0.1) is 6.92 Å². The molecule has 140 valence electrons. The van der Waals surface area contributed by atoms with Crippen LogP contribution in [0.3, 0.4) is 0 Å². The van der Waals surface area contributed by atoms with E-state index in [1.165, 1.54) is 16.7 Å². The number of hydrogen-bond donors (Lipinski definition) is 0. The van der Waals surface area contributed by atoms with E-state index in [1.807, 2.05) is 23.2 Å². The van der Waals surface area contributed by atoms with Crippen molar-refractivity contribution in [3.05, 3.63) is 108 Å². The third kappa shape index (κ3) is 4.29. The van der Waals surface area contributed by atoms with Crippen LogP contribution in [0.15, 0.2) is 96.6 Å². The van der Waals surface area contributed by atoms with Gasteiger partial charge in [0, 0.05) is 13.3 Å². The first-order valence-electron chi connectivity index (χ1n) is 9.50. The molecule has 0 atom stereocenters. The molecule has 0 spiro atoms. The summed E-state index contributed by atoms with van der Waals surface area (Å²) in [6, 6.07) is 27.2. The van der Waals surface area contributed by atoms with Gasteiger partial charge >= 0.3 is 0 Å². The van der Waals surface area contributed by atoms with Crippen LogP contribution in [0.1, 0.15) is 23.6 Å². The molecule has 0 amide bonds. The maximum Gasteiger partial charge on any atom is 0.0671 e. The molecule has 3 aromatic carbocycles. The zero-order valence-corrected chi connectivity index (χ0v) is 16.6. The average Bonchev–Trinajstić information content (AvgIpc) is 2.75. The Balaban J connectivity index is 2.00. The summed E-state index contributed by atoms with van der Waals surface area (Å²) in [5.41, 5.74) is 7.78. The Bertz CT molecular complexity index is 982. The van der Waals surface area contributed by atoms with Crippen molar-refractivity contribution in [2.24, 2.45) is 5.10 Å². The Morgan fingerprint density at radius 1 is 0.893 bits per heavy atom. The second-order valence-corrected chi connectivity index (χ2v) is 6.67. The Morgan fingerprint density at radius 3 is 2.11 bits per heavy atom. The number of hydrazone groups is 1. The van der Waals surface area contributed by atoms with Gasteiger partial charge in [-0.3, -0.25) is 5.01 Å². The molecule has 0 bridgehead atoms. The van der Waals surface area contributed by atoms with Gasteiger partial charge in [0.05, 0.1) is 5.70 Å². The highest BCUT2D eigenvalue weighted by Crippen LogP contribution is 2.28. The van der Waals surface area contributed by atoms with Crippen molar-refractivity contribution in [3.8, 4) is 11.1 Å². The van der Waals surface area contributed by atoms with E-state index in [1.54, 1.807) is 0 Å². The Kier molecular flexibility index (Phi) is 6.23. The van der Waals surface area contributed by atoms with E-state index < -0.39 is 0 Å². The summed E-state index contributed by atoms with van der Waals surface area (Å²) in [7, 11) is 0. The van der Waals surface area contributed by atoms with Crippen molar-refractivity contribution in [3.63, 3.8) is 0 Å². The Morgan fingerprint density at radius 2 is 1.50 bits per heavy atom. The SMILES string of the molecule is C=NN(CC)/C(=C\C(=C)c1ccccc1C)c1ccc(-c2ccccc2)cc1. The molecule has 3 aromatic rings. The second kappa shape index (κ2) is 9.01. The first-order valence-corrected chi connectivity index (χ1v) is 9.50. The van der Waals surface area contributed by atoms with Crippen molar-refractivity contribution in [1.82, 2.24) is 5.01 Å². The van der Waals surface area contributed by atoms with Crippen LogP contribution in [-0.2, 0) is 0 Å². The molecule has 0 heterocycles. The summed E-state index contributed by atoms with van der Waals surface area (Å²) >= 11 is 0. The molecule has 0 unspecified atom stereocenters. The van der Waals surface area contributed by atoms with Gasteiger partial charge in [-0.15, -0.1) is 0 Å². The summed E-state index contributed by atoms with van der Waals surface area (Å²) in [6.07, 6.45) is 2.10. The average molecular weight is 367 g/mol. The van der Waals surface area contributed by atoms with Crippen LogP contribution in [0.5, 0.6) is 0 Å². The molecular formula is C26H26N2. The van der Waals surface area contributed by atoms with Gasteiger partial charge in [-0.1, -0.05) is 85.4 Å². The maximum absolute atomic E-state index is 4.30. The number of aryl methyl sites for hydroxylation is 1. The van der Waals surface area contributed by atoms with E-state index in [-0.39, 0.29) is 0 Å². The Labute approximate surface area is 168 Å². The van der Waals surface area contributed by atoms with E-state index >= 15 is 0 Å². The van der Waals surface area contributed by atoms with Crippen LogP contribution in [0.25, 0.3) is 22.4 Å². The standard InChI is InChI=1S/C26H26N2/c1-5-28(27-4)26(19-21(3)25-14-10-9-11-20(25)2)24-17-15-23(16-18-24)22-12-7-6-8-13-22/h6-19H,3-5H2,1-2H3/b26-19-. The van der Waals surface area contributed by atoms with Crippen molar-refractivity contribution in [2.45, 2.75) is 13.8 Å². The van der Waals surface area contributed by atoms with Crippen LogP contribution < -0.4 is 0 Å². The molecule has 0 aromatic heterocycles. The molecule has 3 rings (SSSR count). The van der Waals surface area contributed by atoms with Gasteiger partial charge in [-0.05, 0) is 53.3 Å². The van der Waals surface area contributed by atoms with Gasteiger partial charge in [-0.2, -0.15) is 5.10 Å². The molecule has 0 fully saturated rings. The van der Waals surface area contributed by atoms with Crippen LogP contribution in [0.4, 0.5) is 0 Å². The topological polar surface area (TPSA) is 15.6 Å². The molecule has 2 heteroatoms. The lowest BCUT2D eigenvalue weighted by Gasteiger charge is -2.21. The quantitative estimate of drug-likeness (QED) is 0.259. The van der Waals surface area contributed by atoms with Gasteiger partial charge in [-0.25, -0.2) is 0 Å². The minimum absolute atomic E-state index is 0.733. The number of allylic oxidation sites excluding steroid dienone is 2. The fourth-order valence-electron chi connectivity index (χ4n) is 3.29. The fourth-order valence-corrected chi connectivity index (χ4v) is 3.29. The van der Waals surface area contributed by atoms with E-state index in [9.17, 15) is 0 Å². The Hall–Kier alpha value is -3.39. The van der Waals surface area contributed by atoms with Crippen molar-refractivity contribution >= 4 is 18.0 Å². The minimum atomic E-state index is 0.733. The largest absolute Gasteiger partial charge is 0.266 e. The van der Waals surface area contributed by atoms with Crippen LogP contribution in [0.2, 0.25) is 0 Å². The van der Waals surface area contributed by atoms with Gasteiger partial charge in [0.2, 0.25) is 0 Å². The lowest BCUT2D eigenvalue weighted by Crippen LogP contribution is -2.15. The first kappa shape index (κ1) is 19.4. The van der Waals surface area contributed by atoms with Crippen molar-refractivity contribution in [2.75, 3.05) is 6.54 Å². The second-order valence-electron chi connectivity index (χ2n) is 6.67. The smallest absolute Gasteiger partial charge is 0.0671 e. The monoisotopic (exact) mass is 366 g/mol. The molecule has 0 aliphatic heterocycles. The lowest BCUT2D eigenvalue weighted by molar-refractivity contribution is 0.450. The molecule has 0 N–H and O–H groups in total. The molecule has 0 radical (unpaired) electrons. The van der Waals surface area contributed by atoms with Gasteiger partial charge in [0.15, 0.2) is 0 Å². The zero-order chi connectivity index (χ0) is 19.9. The number of hydrogen-bond acceptors (Lipinski definition) is 2. The first-order chi connectivity index (χ1) is 13.6. The highest BCUT2D eigenvalue weighted by atomic mass is 15.4. The molecule has 2 nitrogen and oxygen atoms in total. The van der Waals surface area contributed by atoms with Gasteiger partial charge in [0.1, 0.15) is 0 Å². The van der Waals surface area contributed by atoms with Crippen LogP contribution in [-0.4, -0.2) is 18.3 Å². The van der Waals surface area contributed by atoms with E-state index in [0.717, 1.165) is 28.9 Å². The van der Waals surface area contributed by atoms with E-state index in [0.29, 0.717) is 0 Å². The normalized spacial score (nSPS) is 11.1. The summed E-state index contributed by atoms with van der Waals surface area (Å²) in [6.45, 7) is 13.0. The lowest BCUT2D eigenvalue weighted by atomic mass is 9.98.